The van der Waals surface area contributed by atoms with E-state index >= 15 is 0 Å². The Hall–Kier alpha value is -3.46. The van der Waals surface area contributed by atoms with Crippen LogP contribution in [0.1, 0.15) is 16.1 Å². The summed E-state index contributed by atoms with van der Waals surface area (Å²) < 4.78 is 4.92. The molecule has 0 aliphatic rings. The second-order valence-electron chi connectivity index (χ2n) is 6.40. The predicted octanol–water partition coefficient (Wildman–Crippen LogP) is 5.66. The number of carbonyl (C=O) groups is 1. The molecule has 0 aliphatic heterocycles. The Morgan fingerprint density at radius 2 is 1.44 bits per heavy atom. The van der Waals surface area contributed by atoms with Crippen molar-refractivity contribution in [2.75, 3.05) is 7.11 Å². The number of methoxy groups -OCH3 is 1. The minimum atomic E-state index is -0.341. The van der Waals surface area contributed by atoms with Crippen molar-refractivity contribution in [1.82, 2.24) is 4.98 Å². The number of hydrogen-bond donors (Lipinski definition) is 0. The highest BCUT2D eigenvalue weighted by molar-refractivity contribution is 6.06. The van der Waals surface area contributed by atoms with E-state index < -0.39 is 0 Å². The molecule has 0 fully saturated rings. The fourth-order valence-electron chi connectivity index (χ4n) is 3.42. The molecule has 3 nitrogen and oxygen atoms in total. The van der Waals surface area contributed by atoms with Gasteiger partial charge in [-0.15, -0.1) is 0 Å². The van der Waals surface area contributed by atoms with Crippen LogP contribution in [0.5, 0.6) is 0 Å². The van der Waals surface area contributed by atoms with E-state index in [4.69, 9.17) is 9.72 Å². The Bertz CT molecular complexity index is 1120. The zero-order valence-electron chi connectivity index (χ0n) is 15.3. The summed E-state index contributed by atoms with van der Waals surface area (Å²) in [5, 5.41) is 2.02. The van der Waals surface area contributed by atoms with Crippen LogP contribution in [-0.4, -0.2) is 18.1 Å². The Morgan fingerprint density at radius 1 is 0.815 bits per heavy atom. The van der Waals surface area contributed by atoms with E-state index in [0.717, 1.165) is 38.9 Å². The minimum Gasteiger partial charge on any atom is -0.465 e. The summed E-state index contributed by atoms with van der Waals surface area (Å²) in [4.78, 5) is 17.0. The van der Waals surface area contributed by atoms with Crippen molar-refractivity contribution in [2.45, 2.75) is 6.92 Å². The maximum Gasteiger partial charge on any atom is 0.337 e. The first-order valence-electron chi connectivity index (χ1n) is 8.82. The van der Waals surface area contributed by atoms with Gasteiger partial charge >= 0.3 is 5.97 Å². The lowest BCUT2D eigenvalue weighted by Gasteiger charge is -2.16. The summed E-state index contributed by atoms with van der Waals surface area (Å²) >= 11 is 0. The lowest BCUT2D eigenvalue weighted by atomic mass is 9.92. The molecule has 132 valence electrons. The zero-order chi connectivity index (χ0) is 18.8. The fraction of sp³-hybridized carbons (Fsp3) is 0.0833. The molecule has 0 spiro atoms. The van der Waals surface area contributed by atoms with Crippen LogP contribution >= 0.6 is 0 Å². The number of nitrogens with zero attached hydrogens (tertiary/aromatic N) is 1. The molecule has 4 aromatic rings. The van der Waals surface area contributed by atoms with Gasteiger partial charge in [0.05, 0.1) is 18.4 Å². The summed E-state index contributed by atoms with van der Waals surface area (Å²) in [6.45, 7) is 2.00. The van der Waals surface area contributed by atoms with E-state index in [0.29, 0.717) is 5.56 Å². The first-order chi connectivity index (χ1) is 13.2. The van der Waals surface area contributed by atoms with Crippen molar-refractivity contribution in [3.8, 4) is 22.4 Å². The van der Waals surface area contributed by atoms with E-state index in [2.05, 4.69) is 24.3 Å². The third-order valence-electron chi connectivity index (χ3n) is 4.73. The number of carbonyl (C=O) groups excluding carboxylic acids is 1. The molecule has 0 saturated carbocycles. The van der Waals surface area contributed by atoms with Gasteiger partial charge in [0.1, 0.15) is 0 Å². The predicted molar refractivity (Wildman–Crippen MR) is 109 cm³/mol. The van der Waals surface area contributed by atoms with Gasteiger partial charge in [0.25, 0.3) is 0 Å². The number of esters is 1. The maximum absolute atomic E-state index is 12.1. The normalized spacial score (nSPS) is 10.7. The Labute approximate surface area is 158 Å². The van der Waals surface area contributed by atoms with Gasteiger partial charge in [0.15, 0.2) is 0 Å². The first kappa shape index (κ1) is 17.0. The van der Waals surface area contributed by atoms with Crippen LogP contribution in [-0.2, 0) is 4.74 Å². The van der Waals surface area contributed by atoms with Gasteiger partial charge in [-0.3, -0.25) is 4.98 Å². The average Bonchev–Trinajstić information content (AvgIpc) is 2.74. The Morgan fingerprint density at radius 3 is 2.07 bits per heavy atom. The summed E-state index contributed by atoms with van der Waals surface area (Å²) in [6.07, 6.45) is 0. The number of fused-ring (bicyclic) bond motifs is 1. The number of ether oxygens (including phenoxy) is 1. The highest BCUT2D eigenvalue weighted by atomic mass is 16.5. The van der Waals surface area contributed by atoms with Crippen molar-refractivity contribution in [2.24, 2.45) is 0 Å². The molecule has 0 radical (unpaired) electrons. The number of aryl methyl sites for hydroxylation is 1. The lowest BCUT2D eigenvalue weighted by molar-refractivity contribution is 0.0601. The number of benzene rings is 3. The van der Waals surface area contributed by atoms with Gasteiger partial charge in [-0.25, -0.2) is 4.79 Å². The van der Waals surface area contributed by atoms with E-state index in [-0.39, 0.29) is 5.97 Å². The van der Waals surface area contributed by atoms with Gasteiger partial charge in [-0.1, -0.05) is 66.7 Å². The van der Waals surface area contributed by atoms with Crippen LogP contribution in [0.15, 0.2) is 78.9 Å². The lowest BCUT2D eigenvalue weighted by Crippen LogP contribution is -2.02. The summed E-state index contributed by atoms with van der Waals surface area (Å²) in [6, 6.07) is 26.0. The first-order valence-corrected chi connectivity index (χ1v) is 8.82. The number of aromatic nitrogens is 1. The molecule has 0 amide bonds. The number of hydrogen-bond acceptors (Lipinski definition) is 3. The SMILES string of the molecule is COC(=O)c1ccc2c(C)nc(-c3ccccc3)c(-c3ccccc3)c2c1. The van der Waals surface area contributed by atoms with Crippen molar-refractivity contribution < 1.29 is 9.53 Å². The molecule has 0 N–H and O–H groups in total. The average molecular weight is 353 g/mol. The topological polar surface area (TPSA) is 39.2 Å². The monoisotopic (exact) mass is 353 g/mol. The molecule has 3 aromatic carbocycles. The zero-order valence-corrected chi connectivity index (χ0v) is 15.3. The standard InChI is InChI=1S/C24H19NO2/c1-16-20-14-13-19(24(26)27-2)15-21(20)22(17-9-5-3-6-10-17)23(25-16)18-11-7-4-8-12-18/h3-15H,1-2H3. The van der Waals surface area contributed by atoms with Crippen LogP contribution in [0, 0.1) is 6.92 Å². The molecule has 27 heavy (non-hydrogen) atoms. The third kappa shape index (κ3) is 3.08. The van der Waals surface area contributed by atoms with Gasteiger partial charge in [0, 0.05) is 22.2 Å². The summed E-state index contributed by atoms with van der Waals surface area (Å²) in [5.41, 5.74) is 5.51. The minimum absolute atomic E-state index is 0.341. The second kappa shape index (κ2) is 7.04. The molecule has 1 heterocycles. The smallest absolute Gasteiger partial charge is 0.337 e. The Balaban J connectivity index is 2.12. The number of pyridine rings is 1. The summed E-state index contributed by atoms with van der Waals surface area (Å²) in [7, 11) is 1.40. The molecule has 0 unspecified atom stereocenters. The van der Waals surface area contributed by atoms with Crippen molar-refractivity contribution >= 4 is 16.7 Å². The Kier molecular flexibility index (Phi) is 4.43. The quantitative estimate of drug-likeness (QED) is 0.446. The van der Waals surface area contributed by atoms with Crippen LogP contribution in [0.3, 0.4) is 0 Å². The van der Waals surface area contributed by atoms with Crippen molar-refractivity contribution in [3.05, 3.63) is 90.1 Å². The fourth-order valence-corrected chi connectivity index (χ4v) is 3.42. The van der Waals surface area contributed by atoms with Crippen LogP contribution < -0.4 is 0 Å². The highest BCUT2D eigenvalue weighted by Gasteiger charge is 2.17. The van der Waals surface area contributed by atoms with Crippen LogP contribution in [0.25, 0.3) is 33.2 Å². The van der Waals surface area contributed by atoms with E-state index in [1.54, 1.807) is 6.07 Å². The van der Waals surface area contributed by atoms with Crippen LogP contribution in [0.4, 0.5) is 0 Å². The molecule has 0 atom stereocenters. The van der Waals surface area contributed by atoms with Gasteiger partial charge in [0.2, 0.25) is 0 Å². The third-order valence-corrected chi connectivity index (χ3v) is 4.73. The van der Waals surface area contributed by atoms with Gasteiger partial charge < -0.3 is 4.74 Å². The molecular formula is C24H19NO2. The van der Waals surface area contributed by atoms with Crippen molar-refractivity contribution in [1.29, 1.82) is 0 Å². The highest BCUT2D eigenvalue weighted by Crippen LogP contribution is 2.38. The number of rotatable bonds is 3. The summed E-state index contributed by atoms with van der Waals surface area (Å²) in [5.74, 6) is -0.341. The second-order valence-corrected chi connectivity index (χ2v) is 6.40. The molecule has 3 heteroatoms. The largest absolute Gasteiger partial charge is 0.465 e. The van der Waals surface area contributed by atoms with Gasteiger partial charge in [-0.2, -0.15) is 0 Å². The molecule has 4 rings (SSSR count). The molecule has 0 bridgehead atoms. The van der Waals surface area contributed by atoms with E-state index in [9.17, 15) is 4.79 Å². The van der Waals surface area contributed by atoms with Crippen molar-refractivity contribution in [3.63, 3.8) is 0 Å². The molecule has 0 aliphatic carbocycles. The maximum atomic E-state index is 12.1. The molecular weight excluding hydrogens is 334 g/mol. The van der Waals surface area contributed by atoms with Crippen LogP contribution in [0.2, 0.25) is 0 Å². The van der Waals surface area contributed by atoms with E-state index in [1.165, 1.54) is 7.11 Å². The molecule has 1 aromatic heterocycles. The van der Waals surface area contributed by atoms with Gasteiger partial charge in [-0.05, 0) is 30.0 Å². The van der Waals surface area contributed by atoms with E-state index in [1.807, 2.05) is 55.5 Å². The molecule has 0 saturated heterocycles.